The first kappa shape index (κ1) is 10.9. The van der Waals surface area contributed by atoms with Crippen LogP contribution in [0.2, 0.25) is 0 Å². The second-order valence-electron chi connectivity index (χ2n) is 4.47. The Balaban J connectivity index is 1.67. The minimum absolute atomic E-state index is 0.728. The molecule has 0 spiro atoms. The quantitative estimate of drug-likeness (QED) is 0.879. The predicted octanol–water partition coefficient (Wildman–Crippen LogP) is 1.95. The Morgan fingerprint density at radius 3 is 3.06 bits per heavy atom. The Bertz CT molecular complexity index is 498. The Morgan fingerprint density at radius 2 is 2.35 bits per heavy atom. The fourth-order valence-electron chi connectivity index (χ4n) is 1.82. The molecule has 4 nitrogen and oxygen atoms in total. The van der Waals surface area contributed by atoms with Crippen molar-refractivity contribution in [3.05, 3.63) is 34.3 Å². The highest BCUT2D eigenvalue weighted by molar-refractivity contribution is 7.11. The van der Waals surface area contributed by atoms with Crippen LogP contribution in [0.25, 0.3) is 0 Å². The minimum Gasteiger partial charge on any atom is -0.329 e. The van der Waals surface area contributed by atoms with Crippen molar-refractivity contribution in [1.82, 2.24) is 19.9 Å². The van der Waals surface area contributed by atoms with Gasteiger partial charge in [0.05, 0.1) is 18.1 Å². The topological polar surface area (TPSA) is 42.7 Å². The third-order valence-corrected chi connectivity index (χ3v) is 3.82. The predicted molar refractivity (Wildman–Crippen MR) is 68.0 cm³/mol. The van der Waals surface area contributed by atoms with Gasteiger partial charge in [-0.15, -0.1) is 11.3 Å². The molecule has 17 heavy (non-hydrogen) atoms. The molecule has 0 bridgehead atoms. The van der Waals surface area contributed by atoms with Crippen molar-refractivity contribution in [3.8, 4) is 0 Å². The molecule has 1 fully saturated rings. The number of rotatable bonds is 5. The van der Waals surface area contributed by atoms with Crippen LogP contribution in [0.4, 0.5) is 0 Å². The van der Waals surface area contributed by atoms with Crippen molar-refractivity contribution >= 4 is 11.3 Å². The van der Waals surface area contributed by atoms with Crippen molar-refractivity contribution < 1.29 is 0 Å². The lowest BCUT2D eigenvalue weighted by Gasteiger charge is -2.06. The molecule has 1 saturated carbocycles. The Kier molecular flexibility index (Phi) is 2.94. The average Bonchev–Trinajstić information content (AvgIpc) is 2.90. The lowest BCUT2D eigenvalue weighted by molar-refractivity contribution is 0.620. The third kappa shape index (κ3) is 2.73. The molecule has 3 rings (SSSR count). The number of thiazole rings is 1. The molecule has 0 atom stereocenters. The van der Waals surface area contributed by atoms with E-state index in [-0.39, 0.29) is 0 Å². The number of aryl methyl sites for hydroxylation is 1. The van der Waals surface area contributed by atoms with Gasteiger partial charge in [-0.25, -0.2) is 9.97 Å². The van der Waals surface area contributed by atoms with Crippen LogP contribution < -0.4 is 5.32 Å². The van der Waals surface area contributed by atoms with Gasteiger partial charge in [-0.2, -0.15) is 0 Å². The van der Waals surface area contributed by atoms with Crippen LogP contribution in [-0.4, -0.2) is 20.6 Å². The van der Waals surface area contributed by atoms with Crippen LogP contribution in [0.15, 0.2) is 18.6 Å². The highest BCUT2D eigenvalue weighted by Gasteiger charge is 2.20. The number of nitrogens with zero attached hydrogens (tertiary/aromatic N) is 3. The normalized spacial score (nSPS) is 15.4. The molecule has 2 heterocycles. The van der Waals surface area contributed by atoms with E-state index in [4.69, 9.17) is 0 Å². The van der Waals surface area contributed by atoms with Crippen LogP contribution in [0, 0.1) is 6.92 Å². The van der Waals surface area contributed by atoms with Gasteiger partial charge in [0, 0.05) is 29.5 Å². The summed E-state index contributed by atoms with van der Waals surface area (Å²) in [6.07, 6.45) is 8.50. The number of hydrogen-bond acceptors (Lipinski definition) is 4. The number of hydrogen-bond donors (Lipinski definition) is 1. The second kappa shape index (κ2) is 4.58. The van der Waals surface area contributed by atoms with Crippen LogP contribution in [0.5, 0.6) is 0 Å². The van der Waals surface area contributed by atoms with E-state index in [1.807, 2.05) is 25.5 Å². The average molecular weight is 248 g/mol. The van der Waals surface area contributed by atoms with Gasteiger partial charge in [-0.05, 0) is 19.8 Å². The van der Waals surface area contributed by atoms with E-state index in [0.29, 0.717) is 0 Å². The molecular weight excluding hydrogens is 232 g/mol. The fraction of sp³-hybridized carbons (Fsp3) is 0.500. The summed E-state index contributed by atoms with van der Waals surface area (Å²) < 4.78 is 2.20. The number of nitrogens with one attached hydrogen (secondary N) is 1. The van der Waals surface area contributed by atoms with Gasteiger partial charge in [0.2, 0.25) is 0 Å². The summed E-state index contributed by atoms with van der Waals surface area (Å²) in [6.45, 7) is 3.79. The van der Waals surface area contributed by atoms with Gasteiger partial charge in [0.15, 0.2) is 0 Å². The Morgan fingerprint density at radius 1 is 1.47 bits per heavy atom. The minimum atomic E-state index is 0.728. The largest absolute Gasteiger partial charge is 0.329 e. The number of imidazole rings is 1. The molecule has 2 aromatic rings. The van der Waals surface area contributed by atoms with Crippen molar-refractivity contribution in [2.24, 2.45) is 0 Å². The van der Waals surface area contributed by atoms with E-state index in [2.05, 4.69) is 19.9 Å². The molecule has 0 amide bonds. The van der Waals surface area contributed by atoms with E-state index in [9.17, 15) is 0 Å². The maximum absolute atomic E-state index is 4.40. The zero-order chi connectivity index (χ0) is 11.7. The monoisotopic (exact) mass is 248 g/mol. The molecule has 0 saturated heterocycles. The van der Waals surface area contributed by atoms with Crippen molar-refractivity contribution in [3.63, 3.8) is 0 Å². The van der Waals surface area contributed by atoms with Gasteiger partial charge >= 0.3 is 0 Å². The summed E-state index contributed by atoms with van der Waals surface area (Å²) >= 11 is 1.75. The maximum atomic E-state index is 4.40. The summed E-state index contributed by atoms with van der Waals surface area (Å²) in [5, 5.41) is 4.62. The molecular formula is C12H16N4S. The highest BCUT2D eigenvalue weighted by Crippen LogP contribution is 2.19. The highest BCUT2D eigenvalue weighted by atomic mass is 32.1. The second-order valence-corrected chi connectivity index (χ2v) is 5.79. The zero-order valence-corrected chi connectivity index (χ0v) is 10.7. The van der Waals surface area contributed by atoms with Gasteiger partial charge in [0.1, 0.15) is 5.82 Å². The van der Waals surface area contributed by atoms with Gasteiger partial charge < -0.3 is 9.88 Å². The van der Waals surface area contributed by atoms with Gasteiger partial charge in [-0.1, -0.05) is 0 Å². The van der Waals surface area contributed by atoms with E-state index < -0.39 is 0 Å². The summed E-state index contributed by atoms with van der Waals surface area (Å²) in [4.78, 5) is 9.97. The van der Waals surface area contributed by atoms with Gasteiger partial charge in [0.25, 0.3) is 0 Å². The van der Waals surface area contributed by atoms with Crippen molar-refractivity contribution in [1.29, 1.82) is 0 Å². The Hall–Kier alpha value is -1.20. The van der Waals surface area contributed by atoms with Crippen LogP contribution in [0.1, 0.15) is 28.6 Å². The summed E-state index contributed by atoms with van der Waals surface area (Å²) in [5.41, 5.74) is 0. The molecule has 2 aromatic heterocycles. The van der Waals surface area contributed by atoms with Crippen LogP contribution >= 0.6 is 11.3 Å². The summed E-state index contributed by atoms with van der Waals surface area (Å²) in [5.74, 6) is 1.11. The van der Waals surface area contributed by atoms with E-state index in [1.54, 1.807) is 11.3 Å². The van der Waals surface area contributed by atoms with Crippen molar-refractivity contribution in [2.45, 2.75) is 38.9 Å². The summed E-state index contributed by atoms with van der Waals surface area (Å²) in [7, 11) is 0. The maximum Gasteiger partial charge on any atom is 0.122 e. The van der Waals surface area contributed by atoms with E-state index >= 15 is 0 Å². The molecule has 0 aromatic carbocycles. The Labute approximate surface area is 105 Å². The lowest BCUT2D eigenvalue weighted by atomic mass is 10.5. The molecule has 0 radical (unpaired) electrons. The number of aromatic nitrogens is 3. The van der Waals surface area contributed by atoms with Crippen LogP contribution in [0.3, 0.4) is 0 Å². The van der Waals surface area contributed by atoms with Gasteiger partial charge in [-0.3, -0.25) is 0 Å². The molecule has 90 valence electrons. The zero-order valence-electron chi connectivity index (χ0n) is 9.89. The SMILES string of the molecule is Cc1ncc(Cn2ccnc2CNC2CC2)s1. The molecule has 1 aliphatic rings. The smallest absolute Gasteiger partial charge is 0.122 e. The van der Waals surface area contributed by atoms with Crippen molar-refractivity contribution in [2.75, 3.05) is 0 Å². The molecule has 5 heteroatoms. The fourth-order valence-corrected chi connectivity index (χ4v) is 2.61. The molecule has 0 aliphatic heterocycles. The van der Waals surface area contributed by atoms with E-state index in [0.717, 1.165) is 30.0 Å². The van der Waals surface area contributed by atoms with Crippen LogP contribution in [-0.2, 0) is 13.1 Å². The summed E-state index contributed by atoms with van der Waals surface area (Å²) in [6, 6.07) is 0.728. The third-order valence-electron chi connectivity index (χ3n) is 2.92. The van der Waals surface area contributed by atoms with E-state index in [1.165, 1.54) is 17.7 Å². The first-order valence-corrected chi connectivity index (χ1v) is 6.77. The molecule has 1 aliphatic carbocycles. The first-order chi connectivity index (χ1) is 8.31. The molecule has 1 N–H and O–H groups in total. The standard InChI is InChI=1S/C12H16N4S/c1-9-14-6-11(17-9)8-16-5-4-13-12(16)7-15-10-2-3-10/h4-6,10,15H,2-3,7-8H2,1H3. The molecule has 0 unspecified atom stereocenters. The first-order valence-electron chi connectivity index (χ1n) is 5.96. The lowest BCUT2D eigenvalue weighted by Crippen LogP contribution is -2.18.